The van der Waals surface area contributed by atoms with Crippen molar-refractivity contribution in [1.82, 2.24) is 4.90 Å². The highest BCUT2D eigenvalue weighted by atomic mass is 32.2. The average Bonchev–Trinajstić information content (AvgIpc) is 2.96. The Labute approximate surface area is 140 Å². The monoisotopic (exact) mass is 335 g/mol. The Balaban J connectivity index is 2.05. The van der Waals surface area contributed by atoms with Crippen LogP contribution in [0.5, 0.6) is 0 Å². The summed E-state index contributed by atoms with van der Waals surface area (Å²) in [4.78, 5) is 17.3. The topological polar surface area (TPSA) is 68.0 Å². The van der Waals surface area contributed by atoms with Gasteiger partial charge in [0.1, 0.15) is 0 Å². The maximum absolute atomic E-state index is 10.8. The lowest BCUT2D eigenvalue weighted by atomic mass is 10.2. The van der Waals surface area contributed by atoms with E-state index in [2.05, 4.69) is 22.0 Å². The second-order valence-electron chi connectivity index (χ2n) is 5.17. The average molecular weight is 335 g/mol. The molecule has 23 heavy (non-hydrogen) atoms. The molecule has 1 aliphatic heterocycles. The molecule has 0 saturated carbocycles. The fourth-order valence-electron chi connectivity index (χ4n) is 2.19. The molecule has 6 nitrogen and oxygen atoms in total. The minimum Gasteiger partial charge on any atom is -0.384 e. The summed E-state index contributed by atoms with van der Waals surface area (Å²) in [6.45, 7) is 4.36. The van der Waals surface area contributed by atoms with Crippen molar-refractivity contribution in [2.45, 2.75) is 13.3 Å². The molecule has 1 aromatic carbocycles. The molecule has 0 bridgehead atoms. The summed E-state index contributed by atoms with van der Waals surface area (Å²) in [7, 11) is 1.70. The Bertz CT molecular complexity index is 617. The van der Waals surface area contributed by atoms with Crippen molar-refractivity contribution in [3.05, 3.63) is 46.0 Å². The minimum atomic E-state index is -0.384. The molecule has 0 aromatic heterocycles. The van der Waals surface area contributed by atoms with Crippen LogP contribution in [0, 0.1) is 17.0 Å². The third kappa shape index (κ3) is 5.07. The van der Waals surface area contributed by atoms with Crippen LogP contribution in [0.1, 0.15) is 12.0 Å². The number of methoxy groups -OCH3 is 1. The summed E-state index contributed by atoms with van der Waals surface area (Å²) in [5.41, 5.74) is 1.70. The lowest BCUT2D eigenvalue weighted by molar-refractivity contribution is -0.384. The first-order valence-corrected chi connectivity index (χ1v) is 8.46. The van der Waals surface area contributed by atoms with Crippen LogP contribution in [-0.4, -0.2) is 47.5 Å². The van der Waals surface area contributed by atoms with Gasteiger partial charge in [-0.05, 0) is 25.0 Å². The predicted octanol–water partition coefficient (Wildman–Crippen LogP) is 3.53. The van der Waals surface area contributed by atoms with E-state index in [4.69, 9.17) is 4.74 Å². The predicted molar refractivity (Wildman–Crippen MR) is 94.6 cm³/mol. The van der Waals surface area contributed by atoms with E-state index in [0.29, 0.717) is 0 Å². The number of nitro groups is 1. The smallest absolute Gasteiger partial charge is 0.269 e. The van der Waals surface area contributed by atoms with Crippen LogP contribution < -0.4 is 0 Å². The van der Waals surface area contributed by atoms with Gasteiger partial charge in [-0.15, -0.1) is 0 Å². The molecule has 1 aliphatic rings. The number of nitro benzene ring substituents is 1. The number of hydrogen-bond donors (Lipinski definition) is 0. The van der Waals surface area contributed by atoms with Crippen LogP contribution in [0.25, 0.3) is 0 Å². The fourth-order valence-corrected chi connectivity index (χ4v) is 3.20. The van der Waals surface area contributed by atoms with Gasteiger partial charge in [0, 0.05) is 44.7 Å². The van der Waals surface area contributed by atoms with Crippen LogP contribution in [0.15, 0.2) is 35.3 Å². The molecule has 1 fully saturated rings. The summed E-state index contributed by atoms with van der Waals surface area (Å²) in [6, 6.07) is 4.78. The van der Waals surface area contributed by atoms with Crippen LogP contribution in [0.3, 0.4) is 0 Å². The summed E-state index contributed by atoms with van der Waals surface area (Å²) in [5, 5.41) is 11.8. The van der Waals surface area contributed by atoms with E-state index in [-0.39, 0.29) is 10.6 Å². The molecule has 1 aromatic rings. The van der Waals surface area contributed by atoms with E-state index in [1.807, 2.05) is 6.92 Å². The molecule has 0 N–H and O–H groups in total. The highest BCUT2D eigenvalue weighted by molar-refractivity contribution is 8.14. The third-order valence-corrected chi connectivity index (χ3v) is 4.45. The Morgan fingerprint density at radius 2 is 2.30 bits per heavy atom. The van der Waals surface area contributed by atoms with E-state index < -0.39 is 0 Å². The zero-order valence-electron chi connectivity index (χ0n) is 13.4. The highest BCUT2D eigenvalue weighted by Crippen LogP contribution is 2.27. The van der Waals surface area contributed by atoms with Gasteiger partial charge in [0.2, 0.25) is 0 Å². The van der Waals surface area contributed by atoms with Crippen molar-refractivity contribution in [1.29, 1.82) is 0 Å². The molecular weight excluding hydrogens is 314 g/mol. The number of thioether (sulfide) groups is 1. The summed E-state index contributed by atoms with van der Waals surface area (Å²) in [6.07, 6.45) is 5.15. The molecule has 1 saturated heterocycles. The number of nitrogens with zero attached hydrogens (tertiary/aromatic N) is 3. The highest BCUT2D eigenvalue weighted by Gasteiger charge is 2.18. The van der Waals surface area contributed by atoms with Crippen LogP contribution in [-0.2, 0) is 4.74 Å². The van der Waals surface area contributed by atoms with E-state index in [1.54, 1.807) is 31.0 Å². The van der Waals surface area contributed by atoms with Gasteiger partial charge in [-0.2, -0.15) is 0 Å². The number of amidine groups is 1. The third-order valence-electron chi connectivity index (χ3n) is 3.45. The molecule has 0 radical (unpaired) electrons. The van der Waals surface area contributed by atoms with Crippen molar-refractivity contribution >= 4 is 28.3 Å². The van der Waals surface area contributed by atoms with E-state index in [1.165, 1.54) is 6.07 Å². The van der Waals surface area contributed by atoms with Gasteiger partial charge in [0.05, 0.1) is 10.6 Å². The molecule has 0 unspecified atom stereocenters. The van der Waals surface area contributed by atoms with Crippen molar-refractivity contribution in [3.63, 3.8) is 0 Å². The first kappa shape index (κ1) is 17.5. The Kier molecular flexibility index (Phi) is 6.61. The van der Waals surface area contributed by atoms with Crippen molar-refractivity contribution in [2.75, 3.05) is 32.6 Å². The van der Waals surface area contributed by atoms with Gasteiger partial charge in [0.15, 0.2) is 5.17 Å². The number of aliphatic imine (C=N–C) groups is 1. The Morgan fingerprint density at radius 1 is 1.48 bits per heavy atom. The number of non-ortho nitro benzene ring substituents is 1. The minimum absolute atomic E-state index is 0.100. The molecule has 1 heterocycles. The zero-order chi connectivity index (χ0) is 16.7. The number of hydrogen-bond acceptors (Lipinski definition) is 5. The number of rotatable bonds is 7. The normalized spacial score (nSPS) is 16.6. The lowest BCUT2D eigenvalue weighted by Gasteiger charge is -2.15. The van der Waals surface area contributed by atoms with E-state index in [0.717, 1.165) is 48.3 Å². The summed E-state index contributed by atoms with van der Waals surface area (Å²) < 4.78 is 5.01. The molecule has 2 rings (SSSR count). The number of ether oxygens (including phenoxy) is 1. The molecule has 124 valence electrons. The van der Waals surface area contributed by atoms with Crippen LogP contribution in [0.2, 0.25) is 0 Å². The van der Waals surface area contributed by atoms with Gasteiger partial charge >= 0.3 is 0 Å². The quantitative estimate of drug-likeness (QED) is 0.330. The SMILES string of the molecule is COCC/C=C/CN1CCSC1=Nc1ccc([N+](=O)[O-])cc1C. The largest absolute Gasteiger partial charge is 0.384 e. The zero-order valence-corrected chi connectivity index (χ0v) is 14.2. The van der Waals surface area contributed by atoms with Crippen molar-refractivity contribution < 1.29 is 9.66 Å². The Morgan fingerprint density at radius 3 is 3.00 bits per heavy atom. The maximum Gasteiger partial charge on any atom is 0.269 e. The Hall–Kier alpha value is -1.86. The van der Waals surface area contributed by atoms with Gasteiger partial charge in [-0.1, -0.05) is 23.9 Å². The van der Waals surface area contributed by atoms with Crippen molar-refractivity contribution in [2.24, 2.45) is 4.99 Å². The van der Waals surface area contributed by atoms with Gasteiger partial charge in [0.25, 0.3) is 5.69 Å². The first-order valence-electron chi connectivity index (χ1n) is 7.47. The second kappa shape index (κ2) is 8.69. The number of aryl methyl sites for hydroxylation is 1. The lowest BCUT2D eigenvalue weighted by Crippen LogP contribution is -2.24. The molecule has 0 spiro atoms. The van der Waals surface area contributed by atoms with Crippen molar-refractivity contribution in [3.8, 4) is 0 Å². The fraction of sp³-hybridized carbons (Fsp3) is 0.438. The molecule has 0 atom stereocenters. The maximum atomic E-state index is 10.8. The molecule has 0 amide bonds. The summed E-state index contributed by atoms with van der Waals surface area (Å²) >= 11 is 1.72. The first-order chi connectivity index (χ1) is 11.1. The van der Waals surface area contributed by atoms with Gasteiger partial charge in [-0.3, -0.25) is 10.1 Å². The van der Waals surface area contributed by atoms with Gasteiger partial charge < -0.3 is 9.64 Å². The van der Waals surface area contributed by atoms with E-state index in [9.17, 15) is 10.1 Å². The summed E-state index contributed by atoms with van der Waals surface area (Å²) in [5.74, 6) is 1.01. The standard InChI is InChI=1S/C16H21N3O3S/c1-13-12-14(19(20)21)6-7-15(13)17-16-18(9-11-23-16)8-4-3-5-10-22-2/h3-4,6-7,12H,5,8-11H2,1-2H3/b4-3+,17-16?. The van der Waals surface area contributed by atoms with Crippen LogP contribution >= 0.6 is 11.8 Å². The molecule has 0 aliphatic carbocycles. The van der Waals surface area contributed by atoms with Gasteiger partial charge in [-0.25, -0.2) is 4.99 Å². The van der Waals surface area contributed by atoms with E-state index >= 15 is 0 Å². The molecule has 7 heteroatoms. The van der Waals surface area contributed by atoms with Crippen LogP contribution in [0.4, 0.5) is 11.4 Å². The second-order valence-corrected chi connectivity index (χ2v) is 6.23. The molecular formula is C16H21N3O3S. The number of benzene rings is 1.